The van der Waals surface area contributed by atoms with Gasteiger partial charge in [-0.25, -0.2) is 0 Å². The van der Waals surface area contributed by atoms with E-state index in [1.54, 1.807) is 11.3 Å². The van der Waals surface area contributed by atoms with E-state index in [2.05, 4.69) is 22.8 Å². The average molecular weight is 320 g/mol. The standard InChI is InChI=1S/C16H20N2OS2/c1-9(2)14(19)15-13(17)12(10-5-6-10)16(21-15)18-8-11-4-3-7-20-11/h3-4,7,9-10,18H,5-6,8,17H2,1-2H3. The second kappa shape index (κ2) is 5.81. The Morgan fingerprint density at radius 1 is 1.48 bits per heavy atom. The van der Waals surface area contributed by atoms with E-state index < -0.39 is 0 Å². The number of hydrogen-bond donors (Lipinski definition) is 2. The highest BCUT2D eigenvalue weighted by molar-refractivity contribution is 7.19. The van der Waals surface area contributed by atoms with E-state index in [9.17, 15) is 4.79 Å². The van der Waals surface area contributed by atoms with Gasteiger partial charge in [0.15, 0.2) is 5.78 Å². The summed E-state index contributed by atoms with van der Waals surface area (Å²) in [7, 11) is 0. The first-order chi connectivity index (χ1) is 10.1. The molecule has 0 radical (unpaired) electrons. The summed E-state index contributed by atoms with van der Waals surface area (Å²) in [6.07, 6.45) is 2.37. The number of carbonyl (C=O) groups is 1. The minimum absolute atomic E-state index is 0.0110. The Balaban J connectivity index is 1.87. The lowest BCUT2D eigenvalue weighted by atomic mass is 10.0. The predicted molar refractivity (Wildman–Crippen MR) is 91.5 cm³/mol. The van der Waals surface area contributed by atoms with Crippen LogP contribution in [-0.2, 0) is 6.54 Å². The van der Waals surface area contributed by atoms with Crippen LogP contribution in [0.1, 0.15) is 52.7 Å². The largest absolute Gasteiger partial charge is 0.397 e. The molecule has 21 heavy (non-hydrogen) atoms. The van der Waals surface area contributed by atoms with Gasteiger partial charge in [-0.1, -0.05) is 19.9 Å². The second-order valence-electron chi connectivity index (χ2n) is 5.81. The fourth-order valence-electron chi connectivity index (χ4n) is 2.39. The topological polar surface area (TPSA) is 55.1 Å². The molecule has 2 aromatic rings. The molecule has 0 spiro atoms. The van der Waals surface area contributed by atoms with E-state index in [0.717, 1.165) is 22.1 Å². The molecule has 0 aromatic carbocycles. The van der Waals surface area contributed by atoms with Crippen molar-refractivity contribution in [3.63, 3.8) is 0 Å². The molecule has 0 saturated heterocycles. The highest BCUT2D eigenvalue weighted by Crippen LogP contribution is 2.51. The number of rotatable bonds is 6. The molecule has 1 aliphatic rings. The number of nitrogen functional groups attached to an aromatic ring is 1. The minimum Gasteiger partial charge on any atom is -0.397 e. The van der Waals surface area contributed by atoms with E-state index in [0.29, 0.717) is 5.92 Å². The summed E-state index contributed by atoms with van der Waals surface area (Å²) < 4.78 is 0. The van der Waals surface area contributed by atoms with Gasteiger partial charge in [-0.15, -0.1) is 22.7 Å². The fraction of sp³-hybridized carbons (Fsp3) is 0.438. The maximum Gasteiger partial charge on any atom is 0.177 e. The molecule has 0 amide bonds. The second-order valence-corrected chi connectivity index (χ2v) is 7.87. The molecule has 2 aromatic heterocycles. The third-order valence-corrected chi connectivity index (χ3v) is 5.79. The molecule has 3 nitrogen and oxygen atoms in total. The molecule has 1 aliphatic carbocycles. The smallest absolute Gasteiger partial charge is 0.177 e. The minimum atomic E-state index is -0.0110. The molecular weight excluding hydrogens is 300 g/mol. The number of anilines is 2. The van der Waals surface area contributed by atoms with Crippen LogP contribution in [0, 0.1) is 5.92 Å². The van der Waals surface area contributed by atoms with E-state index in [1.165, 1.54) is 34.6 Å². The number of nitrogens with two attached hydrogens (primary N) is 1. The van der Waals surface area contributed by atoms with Crippen molar-refractivity contribution in [3.8, 4) is 0 Å². The number of nitrogens with one attached hydrogen (secondary N) is 1. The summed E-state index contributed by atoms with van der Waals surface area (Å²) in [6, 6.07) is 4.17. The van der Waals surface area contributed by atoms with Crippen LogP contribution < -0.4 is 11.1 Å². The maximum absolute atomic E-state index is 12.3. The van der Waals surface area contributed by atoms with Crippen LogP contribution >= 0.6 is 22.7 Å². The van der Waals surface area contributed by atoms with Gasteiger partial charge < -0.3 is 11.1 Å². The lowest BCUT2D eigenvalue weighted by molar-refractivity contribution is 0.0944. The molecule has 0 bridgehead atoms. The van der Waals surface area contributed by atoms with Crippen LogP contribution in [0.4, 0.5) is 10.7 Å². The Bertz CT molecular complexity index is 640. The monoisotopic (exact) mass is 320 g/mol. The van der Waals surface area contributed by atoms with Crippen molar-refractivity contribution in [3.05, 3.63) is 32.8 Å². The van der Waals surface area contributed by atoms with Gasteiger partial charge in [-0.2, -0.15) is 0 Å². The van der Waals surface area contributed by atoms with Gasteiger partial charge in [0.25, 0.3) is 0 Å². The molecule has 3 N–H and O–H groups in total. The van der Waals surface area contributed by atoms with Crippen LogP contribution in [0.15, 0.2) is 17.5 Å². The fourth-order valence-corrected chi connectivity index (χ4v) is 4.33. The number of hydrogen-bond acceptors (Lipinski definition) is 5. The van der Waals surface area contributed by atoms with Crippen LogP contribution in [-0.4, -0.2) is 5.78 Å². The zero-order valence-corrected chi connectivity index (χ0v) is 13.9. The van der Waals surface area contributed by atoms with Crippen LogP contribution in [0.2, 0.25) is 0 Å². The molecule has 3 rings (SSSR count). The molecule has 0 aliphatic heterocycles. The summed E-state index contributed by atoms with van der Waals surface area (Å²) in [6.45, 7) is 4.65. The van der Waals surface area contributed by atoms with Gasteiger partial charge in [-0.05, 0) is 30.2 Å². The number of thiophene rings is 2. The zero-order valence-electron chi connectivity index (χ0n) is 12.3. The van der Waals surface area contributed by atoms with Crippen molar-refractivity contribution in [1.29, 1.82) is 0 Å². The Kier molecular flexibility index (Phi) is 4.04. The number of ketones is 1. The van der Waals surface area contributed by atoms with Crippen molar-refractivity contribution in [2.45, 2.75) is 39.2 Å². The summed E-state index contributed by atoms with van der Waals surface area (Å²) in [4.78, 5) is 14.3. The summed E-state index contributed by atoms with van der Waals surface area (Å²) in [5, 5.41) is 6.66. The van der Waals surface area contributed by atoms with Gasteiger partial charge in [0.2, 0.25) is 0 Å². The average Bonchev–Trinajstić information content (AvgIpc) is 3.04. The molecule has 2 heterocycles. The summed E-state index contributed by atoms with van der Waals surface area (Å²) in [5.74, 6) is 0.688. The van der Waals surface area contributed by atoms with Crippen LogP contribution in [0.3, 0.4) is 0 Å². The lowest BCUT2D eigenvalue weighted by Gasteiger charge is -2.06. The van der Waals surface area contributed by atoms with Gasteiger partial charge in [0.05, 0.1) is 22.1 Å². The third-order valence-electron chi connectivity index (χ3n) is 3.72. The Hall–Kier alpha value is -1.33. The first-order valence-corrected chi connectivity index (χ1v) is 9.00. The molecule has 1 fully saturated rings. The van der Waals surface area contributed by atoms with Crippen molar-refractivity contribution in [2.75, 3.05) is 11.1 Å². The number of carbonyl (C=O) groups excluding carboxylic acids is 1. The molecule has 1 saturated carbocycles. The molecule has 0 unspecified atom stereocenters. The quantitative estimate of drug-likeness (QED) is 0.757. The van der Waals surface area contributed by atoms with Crippen molar-refractivity contribution in [1.82, 2.24) is 0 Å². The van der Waals surface area contributed by atoms with Gasteiger partial charge in [0.1, 0.15) is 0 Å². The Labute approximate surface area is 133 Å². The Morgan fingerprint density at radius 2 is 2.24 bits per heavy atom. The first-order valence-electron chi connectivity index (χ1n) is 7.30. The summed E-state index contributed by atoms with van der Waals surface area (Å²) >= 11 is 3.27. The SMILES string of the molecule is CC(C)C(=O)c1sc(NCc2cccs2)c(C2CC2)c1N. The van der Waals surface area contributed by atoms with Gasteiger partial charge >= 0.3 is 0 Å². The third kappa shape index (κ3) is 2.99. The van der Waals surface area contributed by atoms with Crippen molar-refractivity contribution < 1.29 is 4.79 Å². The summed E-state index contributed by atoms with van der Waals surface area (Å²) in [5.41, 5.74) is 8.18. The first kappa shape index (κ1) is 14.6. The van der Waals surface area contributed by atoms with Crippen LogP contribution in [0.5, 0.6) is 0 Å². The van der Waals surface area contributed by atoms with E-state index in [1.807, 2.05) is 13.8 Å². The van der Waals surface area contributed by atoms with Crippen LogP contribution in [0.25, 0.3) is 0 Å². The highest BCUT2D eigenvalue weighted by atomic mass is 32.1. The Morgan fingerprint density at radius 3 is 2.81 bits per heavy atom. The van der Waals surface area contributed by atoms with Crippen molar-refractivity contribution >= 4 is 39.1 Å². The molecule has 0 atom stereocenters. The zero-order chi connectivity index (χ0) is 15.0. The molecular formula is C16H20N2OS2. The number of Topliss-reactive ketones (excluding diaryl/α,β-unsaturated/α-hetero) is 1. The van der Waals surface area contributed by atoms with E-state index in [4.69, 9.17) is 5.73 Å². The normalized spacial score (nSPS) is 14.6. The predicted octanol–water partition coefficient (Wildman–Crippen LogP) is 4.72. The molecule has 112 valence electrons. The van der Waals surface area contributed by atoms with Crippen molar-refractivity contribution in [2.24, 2.45) is 5.92 Å². The molecule has 5 heteroatoms. The maximum atomic E-state index is 12.3. The highest BCUT2D eigenvalue weighted by Gasteiger charge is 2.33. The van der Waals surface area contributed by atoms with E-state index in [-0.39, 0.29) is 11.7 Å². The van der Waals surface area contributed by atoms with Gasteiger partial charge in [0, 0.05) is 16.4 Å². The van der Waals surface area contributed by atoms with Gasteiger partial charge in [-0.3, -0.25) is 4.79 Å². The van der Waals surface area contributed by atoms with E-state index >= 15 is 0 Å². The lowest BCUT2D eigenvalue weighted by Crippen LogP contribution is -2.08.